The fraction of sp³-hybridized carbons (Fsp3) is 0.235. The second-order valence-corrected chi connectivity index (χ2v) is 9.44. The molecule has 2 amide bonds. The third kappa shape index (κ3) is 8.17. The van der Waals surface area contributed by atoms with Gasteiger partial charge in [0.25, 0.3) is 0 Å². The van der Waals surface area contributed by atoms with Gasteiger partial charge < -0.3 is 9.80 Å². The van der Waals surface area contributed by atoms with Gasteiger partial charge in [0.05, 0.1) is 0 Å². The summed E-state index contributed by atoms with van der Waals surface area (Å²) in [6.45, 7) is 0.876. The molecule has 0 N–H and O–H groups in total. The van der Waals surface area contributed by atoms with E-state index in [0.29, 0.717) is 25.9 Å². The van der Waals surface area contributed by atoms with Crippen LogP contribution in [0.3, 0.4) is 0 Å². The number of hydrogen-bond acceptors (Lipinski definition) is 2. The largest absolute Gasteiger partial charge is 0.311 e. The zero-order chi connectivity index (χ0) is 26.4. The summed E-state index contributed by atoms with van der Waals surface area (Å²) in [7, 11) is 0. The SMILES string of the molecule is O=C(CCCc1ccccc1)N(CCN(C(=O)CCCc1ccccc1)c1ccccc1)c1ccccc1. The molecule has 0 aliphatic rings. The van der Waals surface area contributed by atoms with Crippen molar-refractivity contribution < 1.29 is 9.59 Å². The second kappa shape index (κ2) is 14.5. The van der Waals surface area contributed by atoms with E-state index in [2.05, 4.69) is 24.3 Å². The molecule has 0 fully saturated rings. The van der Waals surface area contributed by atoms with Crippen LogP contribution in [-0.2, 0) is 22.4 Å². The molecule has 0 heterocycles. The summed E-state index contributed by atoms with van der Waals surface area (Å²) < 4.78 is 0. The summed E-state index contributed by atoms with van der Waals surface area (Å²) in [5.41, 5.74) is 4.20. The highest BCUT2D eigenvalue weighted by molar-refractivity contribution is 5.95. The molecule has 4 heteroatoms. The van der Waals surface area contributed by atoms with Crippen molar-refractivity contribution in [3.63, 3.8) is 0 Å². The molecule has 0 aliphatic carbocycles. The summed E-state index contributed by atoms with van der Waals surface area (Å²) >= 11 is 0. The molecule has 0 aromatic heterocycles. The van der Waals surface area contributed by atoms with Crippen LogP contribution < -0.4 is 9.80 Å². The predicted octanol–water partition coefficient (Wildman–Crippen LogP) is 7.10. The minimum absolute atomic E-state index is 0.0802. The van der Waals surface area contributed by atoms with E-state index in [0.717, 1.165) is 37.1 Å². The lowest BCUT2D eigenvalue weighted by atomic mass is 10.1. The predicted molar refractivity (Wildman–Crippen MR) is 156 cm³/mol. The third-order valence-electron chi connectivity index (χ3n) is 6.68. The highest BCUT2D eigenvalue weighted by Gasteiger charge is 2.20. The molecule has 0 saturated heterocycles. The molecule has 0 aliphatic heterocycles. The Morgan fingerprint density at radius 2 is 0.763 bits per heavy atom. The average molecular weight is 505 g/mol. The fourth-order valence-corrected chi connectivity index (χ4v) is 4.66. The van der Waals surface area contributed by atoms with Crippen LogP contribution in [-0.4, -0.2) is 24.9 Å². The van der Waals surface area contributed by atoms with E-state index in [-0.39, 0.29) is 11.8 Å². The van der Waals surface area contributed by atoms with Gasteiger partial charge in [0.1, 0.15) is 0 Å². The number of anilines is 2. The van der Waals surface area contributed by atoms with Gasteiger partial charge in [-0.1, -0.05) is 97.1 Å². The first kappa shape index (κ1) is 26.9. The Bertz CT molecular complexity index is 1140. The highest BCUT2D eigenvalue weighted by Crippen LogP contribution is 2.20. The van der Waals surface area contributed by atoms with Crippen molar-refractivity contribution in [1.29, 1.82) is 0 Å². The maximum atomic E-state index is 13.4. The molecule has 194 valence electrons. The maximum Gasteiger partial charge on any atom is 0.227 e. The molecule has 4 rings (SSSR count). The monoisotopic (exact) mass is 504 g/mol. The number of benzene rings is 4. The van der Waals surface area contributed by atoms with Gasteiger partial charge in [0, 0.05) is 37.3 Å². The lowest BCUT2D eigenvalue weighted by Gasteiger charge is -2.28. The van der Waals surface area contributed by atoms with Crippen molar-refractivity contribution in [1.82, 2.24) is 0 Å². The van der Waals surface area contributed by atoms with Gasteiger partial charge in [0.15, 0.2) is 0 Å². The average Bonchev–Trinajstić information content (AvgIpc) is 2.97. The molecule has 4 aromatic carbocycles. The van der Waals surface area contributed by atoms with E-state index in [1.165, 1.54) is 11.1 Å². The number of carbonyl (C=O) groups excluding carboxylic acids is 2. The molecule has 0 unspecified atom stereocenters. The van der Waals surface area contributed by atoms with E-state index in [1.54, 1.807) is 0 Å². The van der Waals surface area contributed by atoms with Gasteiger partial charge in [0.2, 0.25) is 11.8 Å². The Labute approximate surface area is 226 Å². The molecule has 0 spiro atoms. The van der Waals surface area contributed by atoms with Crippen LogP contribution in [0.15, 0.2) is 121 Å². The van der Waals surface area contributed by atoms with Crippen LogP contribution in [0.1, 0.15) is 36.8 Å². The third-order valence-corrected chi connectivity index (χ3v) is 6.68. The first-order chi connectivity index (χ1) is 18.7. The van der Waals surface area contributed by atoms with Crippen LogP contribution in [0.25, 0.3) is 0 Å². The number of amides is 2. The maximum absolute atomic E-state index is 13.4. The molecule has 0 radical (unpaired) electrons. The second-order valence-electron chi connectivity index (χ2n) is 9.44. The van der Waals surface area contributed by atoms with Crippen molar-refractivity contribution in [3.05, 3.63) is 132 Å². The fourth-order valence-electron chi connectivity index (χ4n) is 4.66. The number of hydrogen-bond donors (Lipinski definition) is 0. The van der Waals surface area contributed by atoms with E-state index in [9.17, 15) is 9.59 Å². The molecular formula is C34H36N2O2. The van der Waals surface area contributed by atoms with Gasteiger partial charge in [-0.3, -0.25) is 9.59 Å². The first-order valence-electron chi connectivity index (χ1n) is 13.5. The number of rotatable bonds is 13. The van der Waals surface area contributed by atoms with Crippen LogP contribution in [0, 0.1) is 0 Å². The minimum Gasteiger partial charge on any atom is -0.311 e. The van der Waals surface area contributed by atoms with E-state index in [1.807, 2.05) is 107 Å². The van der Waals surface area contributed by atoms with E-state index < -0.39 is 0 Å². The Hall–Kier alpha value is -4.18. The van der Waals surface area contributed by atoms with Crippen LogP contribution in [0.4, 0.5) is 11.4 Å². The lowest BCUT2D eigenvalue weighted by Crippen LogP contribution is -2.41. The van der Waals surface area contributed by atoms with E-state index >= 15 is 0 Å². The smallest absolute Gasteiger partial charge is 0.227 e. The van der Waals surface area contributed by atoms with Crippen molar-refractivity contribution in [2.24, 2.45) is 0 Å². The Kier molecular flexibility index (Phi) is 10.3. The molecular weight excluding hydrogens is 468 g/mol. The Morgan fingerprint density at radius 3 is 1.11 bits per heavy atom. The van der Waals surface area contributed by atoms with Crippen molar-refractivity contribution in [3.8, 4) is 0 Å². The minimum atomic E-state index is 0.0802. The summed E-state index contributed by atoms with van der Waals surface area (Å²) in [5.74, 6) is 0.160. The summed E-state index contributed by atoms with van der Waals surface area (Å²) in [4.78, 5) is 30.5. The number of para-hydroxylation sites is 2. The first-order valence-corrected chi connectivity index (χ1v) is 13.5. The van der Waals surface area contributed by atoms with Crippen LogP contribution in [0.2, 0.25) is 0 Å². The van der Waals surface area contributed by atoms with Crippen LogP contribution >= 0.6 is 0 Å². The normalized spacial score (nSPS) is 10.6. The number of aryl methyl sites for hydroxylation is 2. The van der Waals surface area contributed by atoms with Gasteiger partial charge in [-0.15, -0.1) is 0 Å². The molecule has 0 saturated carbocycles. The molecule has 38 heavy (non-hydrogen) atoms. The standard InChI is InChI=1S/C34H36N2O2/c37-33(25-13-19-29-15-5-1-6-16-29)35(31-21-9-3-10-22-31)27-28-36(32-23-11-4-12-24-32)34(38)26-14-20-30-17-7-2-8-18-30/h1-12,15-18,21-24H,13-14,19-20,25-28H2. The quantitative estimate of drug-likeness (QED) is 0.195. The lowest BCUT2D eigenvalue weighted by molar-refractivity contribution is -0.120. The Morgan fingerprint density at radius 1 is 0.447 bits per heavy atom. The van der Waals surface area contributed by atoms with Crippen molar-refractivity contribution in [2.75, 3.05) is 22.9 Å². The topological polar surface area (TPSA) is 40.6 Å². The summed E-state index contributed by atoms with van der Waals surface area (Å²) in [5, 5.41) is 0. The zero-order valence-electron chi connectivity index (χ0n) is 21.9. The van der Waals surface area contributed by atoms with Gasteiger partial charge in [-0.05, 0) is 61.1 Å². The molecule has 0 atom stereocenters. The molecule has 0 bridgehead atoms. The van der Waals surface area contributed by atoms with Crippen molar-refractivity contribution in [2.45, 2.75) is 38.5 Å². The van der Waals surface area contributed by atoms with Gasteiger partial charge >= 0.3 is 0 Å². The number of nitrogens with zero attached hydrogens (tertiary/aromatic N) is 2. The van der Waals surface area contributed by atoms with E-state index in [4.69, 9.17) is 0 Å². The van der Waals surface area contributed by atoms with Gasteiger partial charge in [-0.2, -0.15) is 0 Å². The molecule has 4 nitrogen and oxygen atoms in total. The summed E-state index contributed by atoms with van der Waals surface area (Å²) in [6, 6.07) is 40.1. The Balaban J connectivity index is 1.42. The van der Waals surface area contributed by atoms with Crippen LogP contribution in [0.5, 0.6) is 0 Å². The highest BCUT2D eigenvalue weighted by atomic mass is 16.2. The van der Waals surface area contributed by atoms with Crippen molar-refractivity contribution >= 4 is 23.2 Å². The number of carbonyl (C=O) groups is 2. The zero-order valence-corrected chi connectivity index (χ0v) is 21.9. The molecule has 4 aromatic rings. The summed E-state index contributed by atoms with van der Waals surface area (Å²) in [6.07, 6.45) is 4.22. The van der Waals surface area contributed by atoms with Gasteiger partial charge in [-0.25, -0.2) is 0 Å².